The van der Waals surface area contributed by atoms with Crippen molar-refractivity contribution < 1.29 is 9.47 Å². The van der Waals surface area contributed by atoms with Crippen molar-refractivity contribution in [2.45, 2.75) is 38.9 Å². The fourth-order valence-electron chi connectivity index (χ4n) is 4.84. The van der Waals surface area contributed by atoms with E-state index < -0.39 is 0 Å². The Morgan fingerprint density at radius 1 is 1.00 bits per heavy atom. The average molecular weight is 398 g/mol. The van der Waals surface area contributed by atoms with E-state index in [0.717, 1.165) is 68.7 Å². The van der Waals surface area contributed by atoms with Crippen LogP contribution in [0, 0.1) is 6.92 Å². The standard InChI is InChI=1S/C22H31N5O2/c1-17-11-19(24-23-17)14-26-6-2-3-20(15-26)27-9-7-25(8-10-27)13-18-4-5-21-22(12-18)29-16-28-21/h4-5,11-12,20H,2-3,6-10,13-16H2,1H3,(H,23,24)/t20-/m1/s1. The third-order valence-electron chi connectivity index (χ3n) is 6.39. The number of piperazine rings is 1. The molecule has 1 atom stereocenters. The molecule has 156 valence electrons. The first-order chi connectivity index (χ1) is 14.2. The Bertz CT molecular complexity index is 830. The molecule has 0 unspecified atom stereocenters. The summed E-state index contributed by atoms with van der Waals surface area (Å²) in [5.74, 6) is 1.75. The van der Waals surface area contributed by atoms with Crippen LogP contribution in [0.1, 0.15) is 29.8 Å². The minimum atomic E-state index is 0.343. The molecule has 7 heteroatoms. The number of benzene rings is 1. The molecule has 1 aromatic carbocycles. The maximum Gasteiger partial charge on any atom is 0.231 e. The summed E-state index contributed by atoms with van der Waals surface area (Å²) in [6.07, 6.45) is 2.60. The zero-order valence-corrected chi connectivity index (χ0v) is 17.3. The Morgan fingerprint density at radius 2 is 1.86 bits per heavy atom. The van der Waals surface area contributed by atoms with Crippen LogP contribution >= 0.6 is 0 Å². The molecule has 2 fully saturated rings. The number of ether oxygens (including phenoxy) is 2. The van der Waals surface area contributed by atoms with Crippen molar-refractivity contribution in [1.82, 2.24) is 24.9 Å². The van der Waals surface area contributed by atoms with Gasteiger partial charge in [0.25, 0.3) is 0 Å². The van der Waals surface area contributed by atoms with E-state index in [1.54, 1.807) is 0 Å². The molecule has 0 saturated carbocycles. The number of H-pyrrole nitrogens is 1. The van der Waals surface area contributed by atoms with Crippen molar-refractivity contribution >= 4 is 0 Å². The van der Waals surface area contributed by atoms with Gasteiger partial charge in [-0.1, -0.05) is 6.07 Å². The number of aromatic nitrogens is 2. The van der Waals surface area contributed by atoms with Crippen LogP contribution in [0.5, 0.6) is 11.5 Å². The van der Waals surface area contributed by atoms with E-state index in [4.69, 9.17) is 9.47 Å². The number of likely N-dealkylation sites (tertiary alicyclic amines) is 1. The molecule has 0 bridgehead atoms. The average Bonchev–Trinajstić information content (AvgIpc) is 3.37. The number of nitrogens with one attached hydrogen (secondary N) is 1. The van der Waals surface area contributed by atoms with Gasteiger partial charge in [0, 0.05) is 57.5 Å². The summed E-state index contributed by atoms with van der Waals surface area (Å²) < 4.78 is 10.9. The number of nitrogens with zero attached hydrogens (tertiary/aromatic N) is 4. The number of aromatic amines is 1. The molecule has 1 N–H and O–H groups in total. The number of hydrogen-bond donors (Lipinski definition) is 1. The van der Waals surface area contributed by atoms with Crippen LogP contribution in [0.3, 0.4) is 0 Å². The van der Waals surface area contributed by atoms with Gasteiger partial charge < -0.3 is 9.47 Å². The second-order valence-electron chi connectivity index (χ2n) is 8.57. The van der Waals surface area contributed by atoms with E-state index in [0.29, 0.717) is 12.8 Å². The fraction of sp³-hybridized carbons (Fsp3) is 0.591. The van der Waals surface area contributed by atoms with Crippen molar-refractivity contribution in [2.75, 3.05) is 46.1 Å². The lowest BCUT2D eigenvalue weighted by molar-refractivity contribution is 0.0474. The molecule has 0 spiro atoms. The first-order valence-electron chi connectivity index (χ1n) is 10.8. The van der Waals surface area contributed by atoms with Crippen molar-refractivity contribution in [3.63, 3.8) is 0 Å². The predicted octanol–water partition coefficient (Wildman–Crippen LogP) is 2.23. The smallest absolute Gasteiger partial charge is 0.231 e. The van der Waals surface area contributed by atoms with Gasteiger partial charge in [-0.05, 0) is 50.1 Å². The number of aryl methyl sites for hydroxylation is 1. The summed E-state index contributed by atoms with van der Waals surface area (Å²) in [7, 11) is 0. The van der Waals surface area contributed by atoms with E-state index in [9.17, 15) is 0 Å². The molecule has 0 amide bonds. The van der Waals surface area contributed by atoms with Gasteiger partial charge in [-0.3, -0.25) is 19.8 Å². The Morgan fingerprint density at radius 3 is 2.69 bits per heavy atom. The minimum Gasteiger partial charge on any atom is -0.454 e. The van der Waals surface area contributed by atoms with Gasteiger partial charge >= 0.3 is 0 Å². The van der Waals surface area contributed by atoms with E-state index in [2.05, 4.69) is 50.0 Å². The molecule has 4 heterocycles. The molecule has 7 nitrogen and oxygen atoms in total. The zero-order valence-electron chi connectivity index (χ0n) is 17.3. The highest BCUT2D eigenvalue weighted by molar-refractivity contribution is 5.44. The molecule has 29 heavy (non-hydrogen) atoms. The Balaban J connectivity index is 1.11. The Labute approximate surface area is 172 Å². The van der Waals surface area contributed by atoms with E-state index in [1.807, 2.05) is 6.07 Å². The lowest BCUT2D eigenvalue weighted by Crippen LogP contribution is -2.54. The van der Waals surface area contributed by atoms with Gasteiger partial charge in [-0.15, -0.1) is 0 Å². The van der Waals surface area contributed by atoms with Gasteiger partial charge in [0.05, 0.1) is 5.69 Å². The molecule has 3 aliphatic heterocycles. The van der Waals surface area contributed by atoms with E-state index >= 15 is 0 Å². The van der Waals surface area contributed by atoms with Crippen LogP contribution in [0.15, 0.2) is 24.3 Å². The van der Waals surface area contributed by atoms with Gasteiger partial charge in [0.15, 0.2) is 11.5 Å². The highest BCUT2D eigenvalue weighted by Crippen LogP contribution is 2.33. The van der Waals surface area contributed by atoms with Gasteiger partial charge in [0.1, 0.15) is 0 Å². The van der Waals surface area contributed by atoms with Crippen molar-refractivity contribution in [2.24, 2.45) is 0 Å². The third-order valence-corrected chi connectivity index (χ3v) is 6.39. The summed E-state index contributed by atoms with van der Waals surface area (Å²) in [5.41, 5.74) is 3.62. The topological polar surface area (TPSA) is 56.9 Å². The second kappa shape index (κ2) is 8.34. The zero-order chi connectivity index (χ0) is 19.6. The molecule has 5 rings (SSSR count). The maximum atomic E-state index is 5.52. The number of fused-ring (bicyclic) bond motifs is 1. The van der Waals surface area contributed by atoms with Crippen LogP contribution in [-0.2, 0) is 13.1 Å². The molecule has 1 aromatic heterocycles. The molecule has 0 radical (unpaired) electrons. The fourth-order valence-corrected chi connectivity index (χ4v) is 4.84. The van der Waals surface area contributed by atoms with Gasteiger partial charge in [0.2, 0.25) is 6.79 Å². The highest BCUT2D eigenvalue weighted by atomic mass is 16.7. The summed E-state index contributed by atoms with van der Waals surface area (Å²) in [6.45, 7) is 11.3. The van der Waals surface area contributed by atoms with Gasteiger partial charge in [-0.25, -0.2) is 0 Å². The first-order valence-corrected chi connectivity index (χ1v) is 10.8. The molecule has 0 aliphatic carbocycles. The lowest BCUT2D eigenvalue weighted by Gasteiger charge is -2.43. The van der Waals surface area contributed by atoms with Gasteiger partial charge in [-0.2, -0.15) is 5.10 Å². The largest absolute Gasteiger partial charge is 0.454 e. The SMILES string of the molecule is Cc1cc(CN2CCC[C@@H](N3CCN(Cc4ccc5c(c4)OCO5)CC3)C2)n[nH]1. The highest BCUT2D eigenvalue weighted by Gasteiger charge is 2.28. The summed E-state index contributed by atoms with van der Waals surface area (Å²) >= 11 is 0. The Hall–Kier alpha value is -2.09. The molecule has 2 saturated heterocycles. The molecular formula is C22H31N5O2. The number of hydrogen-bond acceptors (Lipinski definition) is 6. The molecular weight excluding hydrogens is 366 g/mol. The van der Waals surface area contributed by atoms with Crippen LogP contribution in [0.2, 0.25) is 0 Å². The third kappa shape index (κ3) is 4.42. The first kappa shape index (κ1) is 18.9. The van der Waals surface area contributed by atoms with E-state index in [1.165, 1.54) is 24.9 Å². The molecule has 3 aliphatic rings. The monoisotopic (exact) mass is 397 g/mol. The van der Waals surface area contributed by atoms with Crippen molar-refractivity contribution in [3.8, 4) is 11.5 Å². The van der Waals surface area contributed by atoms with Crippen molar-refractivity contribution in [3.05, 3.63) is 41.2 Å². The second-order valence-corrected chi connectivity index (χ2v) is 8.57. The molecule has 2 aromatic rings. The summed E-state index contributed by atoms with van der Waals surface area (Å²) in [4.78, 5) is 7.84. The minimum absolute atomic E-state index is 0.343. The summed E-state index contributed by atoms with van der Waals surface area (Å²) in [5, 5.41) is 7.48. The predicted molar refractivity (Wildman–Crippen MR) is 111 cm³/mol. The van der Waals surface area contributed by atoms with Crippen LogP contribution in [0.4, 0.5) is 0 Å². The van der Waals surface area contributed by atoms with E-state index in [-0.39, 0.29) is 0 Å². The lowest BCUT2D eigenvalue weighted by atomic mass is 10.0. The van der Waals surface area contributed by atoms with Crippen LogP contribution in [-0.4, -0.2) is 77.0 Å². The number of rotatable bonds is 5. The Kier molecular flexibility index (Phi) is 5.44. The summed E-state index contributed by atoms with van der Waals surface area (Å²) in [6, 6.07) is 9.17. The van der Waals surface area contributed by atoms with Crippen LogP contribution in [0.25, 0.3) is 0 Å². The van der Waals surface area contributed by atoms with Crippen LogP contribution < -0.4 is 9.47 Å². The maximum absolute atomic E-state index is 5.52. The quantitative estimate of drug-likeness (QED) is 0.835. The van der Waals surface area contributed by atoms with Crippen molar-refractivity contribution in [1.29, 1.82) is 0 Å². The number of piperidine rings is 1. The normalized spacial score (nSPS) is 23.6.